The number of imide groups is 1. The maximum Gasteiger partial charge on any atom is 0.396 e. The highest BCUT2D eigenvalue weighted by Crippen LogP contribution is 2.41. The van der Waals surface area contributed by atoms with Crippen LogP contribution in [-0.2, 0) is 56.5 Å². The molecule has 17 nitrogen and oxygen atoms in total. The number of unbranched alkanes of at least 4 members (excludes halogenated alkanes) is 3. The predicted octanol–water partition coefficient (Wildman–Crippen LogP) is 3.21. The van der Waals surface area contributed by atoms with Crippen LogP contribution in [0.15, 0.2) is 59.4 Å². The van der Waals surface area contributed by atoms with Crippen LogP contribution < -0.4 is 26.5 Å². The van der Waals surface area contributed by atoms with Crippen LogP contribution in [0.3, 0.4) is 0 Å². The number of anilines is 1. The van der Waals surface area contributed by atoms with E-state index in [9.17, 15) is 47.9 Å². The molecule has 61 heavy (non-hydrogen) atoms. The summed E-state index contributed by atoms with van der Waals surface area (Å²) in [6.07, 6.45) is 7.05. The number of fused-ring (bicyclic) bond motifs is 2. The topological polar surface area (TPSA) is 242 Å². The molecule has 0 aliphatic carbocycles. The van der Waals surface area contributed by atoms with Crippen molar-refractivity contribution in [3.8, 4) is 0 Å². The highest BCUT2D eigenvalue weighted by atomic mass is 31.2. The molecule has 8 rings (SSSR count). The Morgan fingerprint density at radius 3 is 2.31 bits per heavy atom. The van der Waals surface area contributed by atoms with Crippen molar-refractivity contribution in [2.24, 2.45) is 7.05 Å². The number of hydrogen-bond donors (Lipinski definition) is 6. The number of carbonyl (C=O) groups is 6. The van der Waals surface area contributed by atoms with Gasteiger partial charge in [0.05, 0.1) is 16.7 Å². The van der Waals surface area contributed by atoms with Gasteiger partial charge in [-0.25, -0.2) is 4.79 Å². The third-order valence-electron chi connectivity index (χ3n) is 12.1. The highest BCUT2D eigenvalue weighted by Gasteiger charge is 2.44. The van der Waals surface area contributed by atoms with E-state index in [4.69, 9.17) is 0 Å². The Balaban J connectivity index is 0.902. The zero-order chi connectivity index (χ0) is 43.3. The number of benzene rings is 3. The normalized spacial score (nSPS) is 18.9. The number of rotatable bonds is 13. The lowest BCUT2D eigenvalue weighted by atomic mass is 9.95. The van der Waals surface area contributed by atoms with Crippen molar-refractivity contribution in [1.29, 1.82) is 0 Å². The fourth-order valence-electron chi connectivity index (χ4n) is 9.05. The van der Waals surface area contributed by atoms with Gasteiger partial charge in [-0.3, -0.25) is 52.7 Å². The van der Waals surface area contributed by atoms with Crippen LogP contribution in [0.5, 0.6) is 0 Å². The number of aromatic amines is 1. The average Bonchev–Trinajstić information content (AvgIpc) is 3.88. The fraction of sp³-hybridized carbons (Fsp3) is 0.372. The van der Waals surface area contributed by atoms with E-state index in [0.717, 1.165) is 66.3 Å². The Hall–Kier alpha value is -6.16. The Morgan fingerprint density at radius 2 is 1.59 bits per heavy atom. The Labute approximate surface area is 349 Å². The van der Waals surface area contributed by atoms with E-state index >= 15 is 0 Å². The number of H-pyrrole nitrogens is 1. The molecular formula is C43H46N7O10P. The van der Waals surface area contributed by atoms with Gasteiger partial charge in [-0.2, -0.15) is 0 Å². The number of imidazole rings is 1. The Bertz CT molecular complexity index is 2780. The number of nitrogens with zero attached hydrogens (tertiary/aromatic N) is 3. The Kier molecular flexibility index (Phi) is 11.2. The largest absolute Gasteiger partial charge is 0.396 e. The van der Waals surface area contributed by atoms with Crippen LogP contribution in [0.1, 0.15) is 94.1 Å². The molecule has 3 aliphatic rings. The molecule has 1 fully saturated rings. The standard InChI is InChI=1S/C43H46N7O10P/c1-44-39(53)35-22-28-18-24(8-6-4-3-5-7-23-9-14-32-34(19-23)48(2)43(57)49(32)33-15-16-36(51)47-40(33)54)17-25-10-13-30(41(55)50(35)37(25)28)46-38(52)31-21-27-20-26(11-12-29(27)45-31)42(56)61(58,59)60/h9,11-12,14,17-21,30,33,35,45H,3-8,10,13,15-16,22H2,1-2H3,(H,44,53)(H,46,52)(H,47,51,54)(H2,58,59,60)/t30-,33?,35-/m0/s1. The van der Waals surface area contributed by atoms with Gasteiger partial charge in [0.15, 0.2) is 0 Å². The quantitative estimate of drug-likeness (QED) is 0.0574. The van der Waals surface area contributed by atoms with Crippen LogP contribution in [0, 0.1) is 0 Å². The molecular weight excluding hydrogens is 805 g/mol. The van der Waals surface area contributed by atoms with E-state index in [1.807, 2.05) is 18.2 Å². The van der Waals surface area contributed by atoms with Gasteiger partial charge in [0, 0.05) is 43.4 Å². The number of nitrogens with one attached hydrogen (secondary N) is 4. The van der Waals surface area contributed by atoms with Crippen LogP contribution in [0.2, 0.25) is 0 Å². The molecule has 3 aromatic carbocycles. The molecule has 2 aromatic heterocycles. The molecule has 3 aliphatic heterocycles. The lowest BCUT2D eigenvalue weighted by molar-refractivity contribution is -0.135. The van der Waals surface area contributed by atoms with Crippen LogP contribution in [0.4, 0.5) is 5.69 Å². The second-order valence-electron chi connectivity index (χ2n) is 16.1. The van der Waals surface area contributed by atoms with Crippen molar-refractivity contribution >= 4 is 70.3 Å². The molecule has 3 atom stereocenters. The minimum absolute atomic E-state index is 0.0901. The van der Waals surface area contributed by atoms with Gasteiger partial charge in [-0.15, -0.1) is 0 Å². The number of amides is 5. The smallest absolute Gasteiger partial charge is 0.357 e. The third kappa shape index (κ3) is 7.96. The molecule has 0 saturated carbocycles. The lowest BCUT2D eigenvalue weighted by Crippen LogP contribution is -2.54. The summed E-state index contributed by atoms with van der Waals surface area (Å²) in [5.74, 6) is -2.09. The zero-order valence-electron chi connectivity index (χ0n) is 33.7. The minimum atomic E-state index is -5.01. The number of aromatic nitrogens is 3. The van der Waals surface area contributed by atoms with Gasteiger partial charge < -0.3 is 25.4 Å². The first kappa shape index (κ1) is 41.6. The predicted molar refractivity (Wildman–Crippen MR) is 224 cm³/mol. The van der Waals surface area contributed by atoms with Crippen LogP contribution >= 0.6 is 7.60 Å². The van der Waals surface area contributed by atoms with Crippen molar-refractivity contribution in [2.45, 2.75) is 88.8 Å². The first-order valence-corrected chi connectivity index (χ1v) is 22.0. The fourth-order valence-corrected chi connectivity index (χ4v) is 9.53. The summed E-state index contributed by atoms with van der Waals surface area (Å²) >= 11 is 0. The van der Waals surface area contributed by atoms with Gasteiger partial charge in [-0.05, 0) is 104 Å². The third-order valence-corrected chi connectivity index (χ3v) is 12.9. The van der Waals surface area contributed by atoms with Gasteiger partial charge in [0.2, 0.25) is 23.6 Å². The van der Waals surface area contributed by atoms with Crippen molar-refractivity contribution in [3.63, 3.8) is 0 Å². The summed E-state index contributed by atoms with van der Waals surface area (Å²) in [5.41, 5.74) is 4.89. The van der Waals surface area contributed by atoms with Crippen LogP contribution in [0.25, 0.3) is 21.9 Å². The molecule has 5 amide bonds. The number of carbonyl (C=O) groups excluding carboxylic acids is 6. The van der Waals surface area contributed by atoms with Crippen molar-refractivity contribution in [1.82, 2.24) is 30.1 Å². The first-order chi connectivity index (χ1) is 29.1. The van der Waals surface area contributed by atoms with Gasteiger partial charge >= 0.3 is 13.3 Å². The lowest BCUT2D eigenvalue weighted by Gasteiger charge is -2.27. The van der Waals surface area contributed by atoms with E-state index < -0.39 is 49.0 Å². The highest BCUT2D eigenvalue weighted by molar-refractivity contribution is 7.70. The summed E-state index contributed by atoms with van der Waals surface area (Å²) in [7, 11) is -1.79. The Morgan fingerprint density at radius 1 is 0.852 bits per heavy atom. The van der Waals surface area contributed by atoms with E-state index in [1.165, 1.54) is 40.8 Å². The van der Waals surface area contributed by atoms with E-state index in [-0.39, 0.29) is 41.6 Å². The van der Waals surface area contributed by atoms with Crippen molar-refractivity contribution < 1.29 is 43.1 Å². The molecule has 1 unspecified atom stereocenters. The van der Waals surface area contributed by atoms with E-state index in [2.05, 4.69) is 33.1 Å². The van der Waals surface area contributed by atoms with Gasteiger partial charge in [0.25, 0.3) is 11.4 Å². The summed E-state index contributed by atoms with van der Waals surface area (Å²) < 4.78 is 14.5. The summed E-state index contributed by atoms with van der Waals surface area (Å²) in [4.78, 5) is 113. The summed E-state index contributed by atoms with van der Waals surface area (Å²) in [6.45, 7) is 0. The van der Waals surface area contributed by atoms with Crippen molar-refractivity contribution in [2.75, 3.05) is 11.9 Å². The van der Waals surface area contributed by atoms with Crippen molar-refractivity contribution in [3.05, 3.63) is 98.6 Å². The maximum absolute atomic E-state index is 14.2. The van der Waals surface area contributed by atoms with Gasteiger partial charge in [-0.1, -0.05) is 31.0 Å². The first-order valence-electron chi connectivity index (χ1n) is 20.4. The second-order valence-corrected chi connectivity index (χ2v) is 17.6. The molecule has 5 aromatic rings. The van der Waals surface area contributed by atoms with Gasteiger partial charge in [0.1, 0.15) is 23.8 Å². The molecule has 6 N–H and O–H groups in total. The molecule has 0 bridgehead atoms. The molecule has 1 saturated heterocycles. The number of aryl methyl sites for hydroxylation is 4. The number of hydrogen-bond acceptors (Lipinski definition) is 8. The average molecular weight is 852 g/mol. The molecule has 0 radical (unpaired) electrons. The molecule has 18 heteroatoms. The summed E-state index contributed by atoms with van der Waals surface area (Å²) in [5, 5.41) is 8.24. The van der Waals surface area contributed by atoms with E-state index in [0.29, 0.717) is 41.4 Å². The maximum atomic E-state index is 14.2. The second kappa shape index (κ2) is 16.4. The summed E-state index contributed by atoms with van der Waals surface area (Å²) in [6, 6.07) is 13.0. The minimum Gasteiger partial charge on any atom is -0.357 e. The molecule has 5 heterocycles. The number of likely N-dealkylation sites (N-methyl/N-ethyl adjacent to an activating group) is 1. The monoisotopic (exact) mass is 851 g/mol. The van der Waals surface area contributed by atoms with E-state index in [1.54, 1.807) is 11.6 Å². The zero-order valence-corrected chi connectivity index (χ0v) is 34.6. The van der Waals surface area contributed by atoms with Crippen LogP contribution in [-0.4, -0.2) is 78.1 Å². The molecule has 0 spiro atoms. The number of piperidine rings is 1. The SMILES string of the molecule is CNC(=O)[C@@H]1Cc2cc(CCCCCCc3ccc4c(c3)n(C)c(=O)n4C3CCC(=O)NC3=O)cc3c2N1C(=O)[C@@H](NC(=O)c1cc2cc(C(=O)P(=O)(O)O)ccc2[nH]1)CC3. The molecule has 318 valence electrons.